The third-order valence-corrected chi connectivity index (χ3v) is 5.97. The number of rotatable bonds is 4. The second-order valence-electron chi connectivity index (χ2n) is 6.58. The number of pyridine rings is 1. The van der Waals surface area contributed by atoms with Crippen molar-refractivity contribution in [2.45, 2.75) is 0 Å². The molecule has 1 aliphatic rings. The summed E-state index contributed by atoms with van der Waals surface area (Å²) in [6.07, 6.45) is 1.76. The van der Waals surface area contributed by atoms with E-state index in [0.717, 1.165) is 5.82 Å². The normalized spacial score (nSPS) is 13.9. The lowest BCUT2D eigenvalue weighted by atomic mass is 10.2. The predicted molar refractivity (Wildman–Crippen MR) is 119 cm³/mol. The molecule has 2 amide bonds. The molecule has 0 bridgehead atoms. The standard InChI is InChI=1S/C20H17Cl2N5O2S/c21-13-4-5-14(15(22)11-13)18(28)25-20-24-16(12-30-20)19(29)27-9-7-26(8-10-27)17-3-1-2-6-23-17/h1-6,11-12H,7-10H2,(H,24,25,28). The summed E-state index contributed by atoms with van der Waals surface area (Å²) in [6.45, 7) is 2.56. The summed E-state index contributed by atoms with van der Waals surface area (Å²) in [5.74, 6) is 0.343. The van der Waals surface area contributed by atoms with Crippen molar-refractivity contribution in [3.05, 3.63) is 69.3 Å². The zero-order chi connectivity index (χ0) is 21.1. The molecule has 1 aliphatic heterocycles. The fraction of sp³-hybridized carbons (Fsp3) is 0.200. The molecule has 0 atom stereocenters. The number of halogens is 2. The molecule has 0 saturated carbocycles. The lowest BCUT2D eigenvalue weighted by Gasteiger charge is -2.35. The highest BCUT2D eigenvalue weighted by Gasteiger charge is 2.24. The molecule has 0 radical (unpaired) electrons. The number of hydrogen-bond donors (Lipinski definition) is 1. The lowest BCUT2D eigenvalue weighted by molar-refractivity contribution is 0.0741. The molecule has 1 N–H and O–H groups in total. The fourth-order valence-electron chi connectivity index (χ4n) is 3.11. The first-order valence-corrected chi connectivity index (χ1v) is 10.8. The van der Waals surface area contributed by atoms with E-state index in [1.165, 1.54) is 17.4 Å². The van der Waals surface area contributed by atoms with Crippen molar-refractivity contribution in [2.24, 2.45) is 0 Å². The van der Waals surface area contributed by atoms with Gasteiger partial charge < -0.3 is 9.80 Å². The van der Waals surface area contributed by atoms with Crippen LogP contribution in [0.3, 0.4) is 0 Å². The van der Waals surface area contributed by atoms with Crippen molar-refractivity contribution in [3.63, 3.8) is 0 Å². The third kappa shape index (κ3) is 4.56. The van der Waals surface area contributed by atoms with Gasteiger partial charge in [-0.05, 0) is 30.3 Å². The van der Waals surface area contributed by atoms with Crippen molar-refractivity contribution in [1.29, 1.82) is 0 Å². The molecule has 0 aliphatic carbocycles. The first-order chi connectivity index (χ1) is 14.5. The number of anilines is 2. The highest BCUT2D eigenvalue weighted by atomic mass is 35.5. The number of benzene rings is 1. The maximum Gasteiger partial charge on any atom is 0.273 e. The molecule has 1 saturated heterocycles. The molecular formula is C20H17Cl2N5O2S. The smallest absolute Gasteiger partial charge is 0.273 e. The summed E-state index contributed by atoms with van der Waals surface area (Å²) < 4.78 is 0. The summed E-state index contributed by atoms with van der Waals surface area (Å²) in [7, 11) is 0. The van der Waals surface area contributed by atoms with Crippen LogP contribution < -0.4 is 10.2 Å². The van der Waals surface area contributed by atoms with Gasteiger partial charge in [0, 0.05) is 42.8 Å². The van der Waals surface area contributed by atoms with E-state index >= 15 is 0 Å². The molecule has 0 spiro atoms. The van der Waals surface area contributed by atoms with Crippen molar-refractivity contribution < 1.29 is 9.59 Å². The van der Waals surface area contributed by atoms with Gasteiger partial charge in [-0.15, -0.1) is 11.3 Å². The van der Waals surface area contributed by atoms with Crippen LogP contribution in [0, 0.1) is 0 Å². The molecule has 30 heavy (non-hydrogen) atoms. The Bertz CT molecular complexity index is 1070. The summed E-state index contributed by atoms with van der Waals surface area (Å²) in [6, 6.07) is 10.4. The van der Waals surface area contributed by atoms with Crippen LogP contribution in [0.1, 0.15) is 20.8 Å². The molecule has 3 aromatic rings. The maximum absolute atomic E-state index is 12.8. The van der Waals surface area contributed by atoms with Gasteiger partial charge in [0.15, 0.2) is 5.13 Å². The van der Waals surface area contributed by atoms with Crippen molar-refractivity contribution >= 4 is 57.3 Å². The van der Waals surface area contributed by atoms with Gasteiger partial charge in [-0.1, -0.05) is 29.3 Å². The molecule has 3 heterocycles. The van der Waals surface area contributed by atoms with Crippen LogP contribution in [-0.2, 0) is 0 Å². The van der Waals surface area contributed by atoms with Gasteiger partial charge in [0.2, 0.25) is 0 Å². The van der Waals surface area contributed by atoms with Crippen molar-refractivity contribution in [3.8, 4) is 0 Å². The lowest BCUT2D eigenvalue weighted by Crippen LogP contribution is -2.49. The zero-order valence-corrected chi connectivity index (χ0v) is 18.0. The number of thiazole rings is 1. The summed E-state index contributed by atoms with van der Waals surface area (Å²) >= 11 is 13.1. The van der Waals surface area contributed by atoms with Crippen LogP contribution in [0.4, 0.5) is 10.9 Å². The van der Waals surface area contributed by atoms with E-state index in [9.17, 15) is 9.59 Å². The van der Waals surface area contributed by atoms with Gasteiger partial charge in [0.1, 0.15) is 11.5 Å². The van der Waals surface area contributed by atoms with E-state index in [1.54, 1.807) is 28.6 Å². The number of nitrogens with zero attached hydrogens (tertiary/aromatic N) is 4. The maximum atomic E-state index is 12.8. The Morgan fingerprint density at radius 1 is 1.07 bits per heavy atom. The molecule has 154 valence electrons. The minimum absolute atomic E-state index is 0.156. The monoisotopic (exact) mass is 461 g/mol. The third-order valence-electron chi connectivity index (χ3n) is 4.66. The SMILES string of the molecule is O=C(Nc1nc(C(=O)N2CCN(c3ccccn3)CC2)cs1)c1ccc(Cl)cc1Cl. The number of amides is 2. The minimum atomic E-state index is -0.408. The van der Waals surface area contributed by atoms with E-state index in [-0.39, 0.29) is 16.5 Å². The van der Waals surface area contributed by atoms with E-state index < -0.39 is 5.91 Å². The van der Waals surface area contributed by atoms with Gasteiger partial charge in [-0.25, -0.2) is 9.97 Å². The van der Waals surface area contributed by atoms with E-state index in [4.69, 9.17) is 23.2 Å². The average Bonchev–Trinajstić information content (AvgIpc) is 3.22. The number of piperazine rings is 1. The zero-order valence-electron chi connectivity index (χ0n) is 15.7. The van der Waals surface area contributed by atoms with Crippen LogP contribution in [0.15, 0.2) is 48.0 Å². The number of nitrogens with one attached hydrogen (secondary N) is 1. The second kappa shape index (κ2) is 8.99. The fourth-order valence-corrected chi connectivity index (χ4v) is 4.28. The highest BCUT2D eigenvalue weighted by Crippen LogP contribution is 2.24. The quantitative estimate of drug-likeness (QED) is 0.633. The van der Waals surface area contributed by atoms with Crippen LogP contribution in [0.2, 0.25) is 10.0 Å². The predicted octanol–water partition coefficient (Wildman–Crippen LogP) is 4.06. The Hall–Kier alpha value is -2.68. The number of aromatic nitrogens is 2. The molecular weight excluding hydrogens is 445 g/mol. The first kappa shape index (κ1) is 20.6. The van der Waals surface area contributed by atoms with Gasteiger partial charge >= 0.3 is 0 Å². The Balaban J connectivity index is 1.37. The Kier molecular flexibility index (Phi) is 6.17. The topological polar surface area (TPSA) is 78.4 Å². The average molecular weight is 462 g/mol. The Morgan fingerprint density at radius 3 is 2.57 bits per heavy atom. The van der Waals surface area contributed by atoms with Gasteiger partial charge in [0.05, 0.1) is 10.6 Å². The Morgan fingerprint density at radius 2 is 1.87 bits per heavy atom. The molecule has 4 rings (SSSR count). The molecule has 2 aromatic heterocycles. The number of hydrogen-bond acceptors (Lipinski definition) is 6. The van der Waals surface area contributed by atoms with Crippen LogP contribution >= 0.6 is 34.5 Å². The van der Waals surface area contributed by atoms with Crippen LogP contribution in [0.5, 0.6) is 0 Å². The summed E-state index contributed by atoms with van der Waals surface area (Å²) in [4.78, 5) is 37.7. The number of carbonyl (C=O) groups excluding carboxylic acids is 2. The largest absolute Gasteiger partial charge is 0.353 e. The van der Waals surface area contributed by atoms with Gasteiger partial charge in [-0.2, -0.15) is 0 Å². The molecule has 7 nitrogen and oxygen atoms in total. The van der Waals surface area contributed by atoms with Gasteiger partial charge in [0.25, 0.3) is 11.8 Å². The second-order valence-corrected chi connectivity index (χ2v) is 8.29. The minimum Gasteiger partial charge on any atom is -0.353 e. The summed E-state index contributed by atoms with van der Waals surface area (Å²) in [5.41, 5.74) is 0.596. The first-order valence-electron chi connectivity index (χ1n) is 9.18. The molecule has 1 aromatic carbocycles. The Labute approximate surface area is 187 Å². The molecule has 1 fully saturated rings. The van der Waals surface area contributed by atoms with Crippen molar-refractivity contribution in [2.75, 3.05) is 36.4 Å². The number of carbonyl (C=O) groups is 2. The highest BCUT2D eigenvalue weighted by molar-refractivity contribution is 7.14. The summed E-state index contributed by atoms with van der Waals surface area (Å²) in [5, 5.41) is 5.35. The molecule has 10 heteroatoms. The molecule has 0 unspecified atom stereocenters. The van der Waals surface area contributed by atoms with Crippen LogP contribution in [-0.4, -0.2) is 52.9 Å². The van der Waals surface area contributed by atoms with E-state index in [2.05, 4.69) is 20.2 Å². The van der Waals surface area contributed by atoms with E-state index in [0.29, 0.717) is 42.0 Å². The van der Waals surface area contributed by atoms with E-state index in [1.807, 2.05) is 18.2 Å². The van der Waals surface area contributed by atoms with Gasteiger partial charge in [-0.3, -0.25) is 14.9 Å². The van der Waals surface area contributed by atoms with Crippen LogP contribution in [0.25, 0.3) is 0 Å². The van der Waals surface area contributed by atoms with Crippen molar-refractivity contribution in [1.82, 2.24) is 14.9 Å².